The maximum Gasteiger partial charge on any atom is 0.243 e. The van der Waals surface area contributed by atoms with Gasteiger partial charge in [0.15, 0.2) is 0 Å². The van der Waals surface area contributed by atoms with Gasteiger partial charge in [0, 0.05) is 23.6 Å². The van der Waals surface area contributed by atoms with Crippen molar-refractivity contribution in [3.63, 3.8) is 0 Å². The fourth-order valence-corrected chi connectivity index (χ4v) is 1.99. The van der Waals surface area contributed by atoms with Crippen LogP contribution in [0.2, 0.25) is 0 Å². The van der Waals surface area contributed by atoms with Gasteiger partial charge >= 0.3 is 0 Å². The first-order valence-corrected chi connectivity index (χ1v) is 7.66. The fraction of sp³-hybridized carbons (Fsp3) is 0.294. The molecule has 0 aliphatic rings. The first kappa shape index (κ1) is 17.6. The number of rotatable bonds is 6. The summed E-state index contributed by atoms with van der Waals surface area (Å²) in [6.07, 6.45) is 4.90. The molecule has 7 heteroatoms. The minimum atomic E-state index is -0.620. The molecule has 0 aliphatic carbocycles. The highest BCUT2D eigenvalue weighted by Gasteiger charge is 2.17. The zero-order valence-electron chi connectivity index (χ0n) is 13.7. The normalized spacial score (nSPS) is 11.8. The van der Waals surface area contributed by atoms with Crippen molar-refractivity contribution in [2.45, 2.75) is 19.9 Å². The molecule has 0 bridgehead atoms. The third-order valence-electron chi connectivity index (χ3n) is 3.51. The van der Waals surface area contributed by atoms with Crippen LogP contribution < -0.4 is 16.4 Å². The number of hydrogen-bond acceptors (Lipinski definition) is 5. The summed E-state index contributed by atoms with van der Waals surface area (Å²) in [6, 6.07) is 6.66. The summed E-state index contributed by atoms with van der Waals surface area (Å²) in [7, 11) is 0. The highest BCUT2D eigenvalue weighted by molar-refractivity contribution is 5.95. The summed E-state index contributed by atoms with van der Waals surface area (Å²) in [5.74, 6) is -0.628. The summed E-state index contributed by atoms with van der Waals surface area (Å²) in [5.41, 5.74) is 8.20. The number of amides is 2. The summed E-state index contributed by atoms with van der Waals surface area (Å²) >= 11 is 0. The largest absolute Gasteiger partial charge is 0.346 e. The van der Waals surface area contributed by atoms with E-state index in [4.69, 9.17) is 5.73 Å². The van der Waals surface area contributed by atoms with Crippen LogP contribution in [-0.2, 0) is 9.59 Å². The van der Waals surface area contributed by atoms with Gasteiger partial charge in [0.1, 0.15) is 6.33 Å². The average molecular weight is 327 g/mol. The van der Waals surface area contributed by atoms with E-state index in [9.17, 15) is 9.59 Å². The number of benzene rings is 1. The third-order valence-corrected chi connectivity index (χ3v) is 3.51. The first-order valence-electron chi connectivity index (χ1n) is 7.66. The average Bonchev–Trinajstić information content (AvgIpc) is 2.60. The molecule has 4 N–H and O–H groups in total. The maximum absolute atomic E-state index is 11.9. The Morgan fingerprint density at radius 2 is 1.71 bits per heavy atom. The van der Waals surface area contributed by atoms with Gasteiger partial charge in [0.2, 0.25) is 11.8 Å². The van der Waals surface area contributed by atoms with Crippen molar-refractivity contribution in [2.24, 2.45) is 11.7 Å². The maximum atomic E-state index is 11.9. The monoisotopic (exact) mass is 327 g/mol. The standard InChI is InChI=1S/C17H21N5O2/c1-11(2)16(18)17(24)21-9-15(23)22-14-5-3-12(4-6-14)13-7-19-10-20-8-13/h3-8,10-11,16H,9,18H2,1-2H3,(H,21,24)(H,22,23)/t16-/m0/s1. The highest BCUT2D eigenvalue weighted by atomic mass is 16.2. The van der Waals surface area contributed by atoms with Gasteiger partial charge in [-0.15, -0.1) is 0 Å². The Bertz CT molecular complexity index is 686. The quantitative estimate of drug-likeness (QED) is 0.738. The van der Waals surface area contributed by atoms with E-state index in [1.165, 1.54) is 6.33 Å². The number of nitrogens with two attached hydrogens (primary N) is 1. The lowest BCUT2D eigenvalue weighted by molar-refractivity contribution is -0.125. The molecule has 1 aromatic carbocycles. The molecule has 0 saturated carbocycles. The van der Waals surface area contributed by atoms with Crippen LogP contribution in [0.5, 0.6) is 0 Å². The predicted molar refractivity (Wildman–Crippen MR) is 91.9 cm³/mol. The molecule has 0 fully saturated rings. The summed E-state index contributed by atoms with van der Waals surface area (Å²) < 4.78 is 0. The van der Waals surface area contributed by atoms with E-state index in [-0.39, 0.29) is 24.3 Å². The van der Waals surface area contributed by atoms with Gasteiger partial charge in [-0.3, -0.25) is 9.59 Å². The molecule has 0 spiro atoms. The molecule has 126 valence electrons. The Kier molecular flexibility index (Phi) is 5.97. The number of carbonyl (C=O) groups is 2. The van der Waals surface area contributed by atoms with Crippen LogP contribution in [0.1, 0.15) is 13.8 Å². The summed E-state index contributed by atoms with van der Waals surface area (Å²) in [4.78, 5) is 31.5. The van der Waals surface area contributed by atoms with Crippen LogP contribution in [-0.4, -0.2) is 34.4 Å². The van der Waals surface area contributed by atoms with Crippen LogP contribution >= 0.6 is 0 Å². The number of hydrogen-bond donors (Lipinski definition) is 3. The van der Waals surface area contributed by atoms with Crippen molar-refractivity contribution in [3.8, 4) is 11.1 Å². The van der Waals surface area contributed by atoms with E-state index in [2.05, 4.69) is 20.6 Å². The van der Waals surface area contributed by atoms with Crippen molar-refractivity contribution < 1.29 is 9.59 Å². The van der Waals surface area contributed by atoms with E-state index in [0.717, 1.165) is 11.1 Å². The molecule has 24 heavy (non-hydrogen) atoms. The molecular formula is C17H21N5O2. The van der Waals surface area contributed by atoms with Crippen molar-refractivity contribution in [1.82, 2.24) is 15.3 Å². The van der Waals surface area contributed by atoms with E-state index in [0.29, 0.717) is 5.69 Å². The van der Waals surface area contributed by atoms with Crippen molar-refractivity contribution in [1.29, 1.82) is 0 Å². The molecule has 0 unspecified atom stereocenters. The lowest BCUT2D eigenvalue weighted by atomic mass is 10.1. The molecule has 2 amide bonds. The zero-order valence-corrected chi connectivity index (χ0v) is 13.7. The number of carbonyl (C=O) groups excluding carboxylic acids is 2. The lowest BCUT2D eigenvalue weighted by Gasteiger charge is -2.15. The molecule has 1 heterocycles. The molecule has 1 aromatic heterocycles. The number of anilines is 1. The minimum absolute atomic E-state index is 0.0163. The van der Waals surface area contributed by atoms with Crippen molar-refractivity contribution in [2.75, 3.05) is 11.9 Å². The summed E-state index contributed by atoms with van der Waals surface area (Å²) in [6.45, 7) is 3.58. The Morgan fingerprint density at radius 1 is 1.08 bits per heavy atom. The minimum Gasteiger partial charge on any atom is -0.346 e. The molecule has 2 rings (SSSR count). The van der Waals surface area contributed by atoms with Crippen LogP contribution in [0.15, 0.2) is 43.0 Å². The number of aromatic nitrogens is 2. The van der Waals surface area contributed by atoms with E-state index >= 15 is 0 Å². The number of nitrogens with one attached hydrogen (secondary N) is 2. The van der Waals surface area contributed by atoms with E-state index in [1.54, 1.807) is 24.5 Å². The van der Waals surface area contributed by atoms with Crippen LogP contribution in [0.4, 0.5) is 5.69 Å². The molecule has 0 radical (unpaired) electrons. The van der Waals surface area contributed by atoms with E-state index in [1.807, 2.05) is 26.0 Å². The molecule has 0 aliphatic heterocycles. The zero-order chi connectivity index (χ0) is 17.5. The first-order chi connectivity index (χ1) is 11.5. The predicted octanol–water partition coefficient (Wildman–Crippen LogP) is 1.18. The third kappa shape index (κ3) is 4.85. The second kappa shape index (κ2) is 8.16. The molecule has 0 saturated heterocycles. The van der Waals surface area contributed by atoms with Gasteiger partial charge in [0.05, 0.1) is 12.6 Å². The fourth-order valence-electron chi connectivity index (χ4n) is 1.99. The van der Waals surface area contributed by atoms with Crippen LogP contribution in [0.3, 0.4) is 0 Å². The number of nitrogens with zero attached hydrogens (tertiary/aromatic N) is 2. The lowest BCUT2D eigenvalue weighted by Crippen LogP contribution is -2.46. The molecule has 7 nitrogen and oxygen atoms in total. The van der Waals surface area contributed by atoms with Gasteiger partial charge in [-0.05, 0) is 23.6 Å². The van der Waals surface area contributed by atoms with Gasteiger partial charge < -0.3 is 16.4 Å². The highest BCUT2D eigenvalue weighted by Crippen LogP contribution is 2.19. The van der Waals surface area contributed by atoms with Crippen molar-refractivity contribution in [3.05, 3.63) is 43.0 Å². The topological polar surface area (TPSA) is 110 Å². The second-order valence-corrected chi connectivity index (χ2v) is 5.74. The molecular weight excluding hydrogens is 306 g/mol. The van der Waals surface area contributed by atoms with Gasteiger partial charge in [0.25, 0.3) is 0 Å². The Morgan fingerprint density at radius 3 is 2.29 bits per heavy atom. The Labute approximate surface area is 140 Å². The molecule has 1 atom stereocenters. The second-order valence-electron chi connectivity index (χ2n) is 5.74. The van der Waals surface area contributed by atoms with Crippen LogP contribution in [0, 0.1) is 5.92 Å². The van der Waals surface area contributed by atoms with Gasteiger partial charge in [-0.1, -0.05) is 26.0 Å². The van der Waals surface area contributed by atoms with E-state index < -0.39 is 6.04 Å². The summed E-state index contributed by atoms with van der Waals surface area (Å²) in [5, 5.41) is 5.25. The smallest absolute Gasteiger partial charge is 0.243 e. The van der Waals surface area contributed by atoms with Gasteiger partial charge in [-0.2, -0.15) is 0 Å². The van der Waals surface area contributed by atoms with Crippen molar-refractivity contribution >= 4 is 17.5 Å². The Balaban J connectivity index is 1.87. The Hall–Kier alpha value is -2.80. The molecule has 2 aromatic rings. The van der Waals surface area contributed by atoms with Crippen LogP contribution in [0.25, 0.3) is 11.1 Å². The SMILES string of the molecule is CC(C)[C@H](N)C(=O)NCC(=O)Nc1ccc(-c2cncnc2)cc1. The van der Waals surface area contributed by atoms with Gasteiger partial charge in [-0.25, -0.2) is 9.97 Å².